The summed E-state index contributed by atoms with van der Waals surface area (Å²) < 4.78 is 0. The van der Waals surface area contributed by atoms with Crippen LogP contribution in [0.4, 0.5) is 0 Å². The molecule has 2 amide bonds. The van der Waals surface area contributed by atoms with Gasteiger partial charge in [0.25, 0.3) is 0 Å². The third kappa shape index (κ3) is 3.54. The number of hydrogen-bond donors (Lipinski definition) is 3. The number of thioether (sulfide) groups is 1. The summed E-state index contributed by atoms with van der Waals surface area (Å²) in [5.74, 6) is -2.03. The predicted octanol–water partition coefficient (Wildman–Crippen LogP) is -4.59. The summed E-state index contributed by atoms with van der Waals surface area (Å²) in [6.07, 6.45) is 0.566. The first-order valence-corrected chi connectivity index (χ1v) is 10.3. The van der Waals surface area contributed by atoms with Gasteiger partial charge >= 0.3 is 29.6 Å². The van der Waals surface area contributed by atoms with Gasteiger partial charge in [-0.15, -0.1) is 11.8 Å². The molecule has 28 heavy (non-hydrogen) atoms. The molecule has 0 spiro atoms. The van der Waals surface area contributed by atoms with E-state index < -0.39 is 18.0 Å². The molecule has 148 valence electrons. The van der Waals surface area contributed by atoms with Gasteiger partial charge in [-0.1, -0.05) is 6.92 Å². The van der Waals surface area contributed by atoms with Crippen molar-refractivity contribution < 1.29 is 54.2 Å². The van der Waals surface area contributed by atoms with Crippen LogP contribution >= 0.6 is 11.8 Å². The van der Waals surface area contributed by atoms with Gasteiger partial charge in [0.05, 0.1) is 29.7 Å². The van der Waals surface area contributed by atoms with Gasteiger partial charge in [-0.25, -0.2) is 0 Å². The summed E-state index contributed by atoms with van der Waals surface area (Å²) in [7, 11) is 0. The maximum Gasteiger partial charge on any atom is 1.00 e. The van der Waals surface area contributed by atoms with E-state index in [1.165, 1.54) is 16.7 Å². The first kappa shape index (κ1) is 22.1. The molecule has 1 unspecified atom stereocenters. The average molecular weight is 417 g/mol. The van der Waals surface area contributed by atoms with Crippen molar-refractivity contribution in [3.63, 3.8) is 0 Å². The molecule has 0 aromatic carbocycles. The number of nitrogens with zero attached hydrogens (tertiary/aromatic N) is 1. The van der Waals surface area contributed by atoms with Crippen LogP contribution in [0.5, 0.6) is 0 Å². The molecule has 3 fully saturated rings. The second-order valence-corrected chi connectivity index (χ2v) is 9.35. The van der Waals surface area contributed by atoms with Gasteiger partial charge in [0, 0.05) is 47.5 Å². The van der Waals surface area contributed by atoms with Crippen molar-refractivity contribution in [2.75, 3.05) is 13.1 Å². The van der Waals surface area contributed by atoms with E-state index in [-0.39, 0.29) is 76.2 Å². The van der Waals surface area contributed by atoms with Gasteiger partial charge in [0.15, 0.2) is 0 Å². The fourth-order valence-corrected chi connectivity index (χ4v) is 6.43. The molecule has 4 rings (SSSR count). The molecule has 4 heterocycles. The van der Waals surface area contributed by atoms with E-state index in [2.05, 4.69) is 10.6 Å². The molecule has 0 bridgehead atoms. The number of aliphatic hydroxyl groups is 1. The number of nitrogens with one attached hydrogen (secondary N) is 2. The molecule has 10 heteroatoms. The molecular formula is C18H24N3NaO5S. The van der Waals surface area contributed by atoms with Crippen LogP contribution in [0.25, 0.3) is 0 Å². The van der Waals surface area contributed by atoms with Crippen LogP contribution < -0.4 is 45.3 Å². The minimum atomic E-state index is -1.34. The average Bonchev–Trinajstić information content (AvgIpc) is 3.27. The summed E-state index contributed by atoms with van der Waals surface area (Å²) in [5.41, 5.74) is -0.0273. The molecule has 3 N–H and O–H groups in total. The van der Waals surface area contributed by atoms with Crippen molar-refractivity contribution in [2.45, 2.75) is 50.1 Å². The zero-order chi connectivity index (χ0) is 19.5. The van der Waals surface area contributed by atoms with E-state index in [1.54, 1.807) is 6.92 Å². The van der Waals surface area contributed by atoms with E-state index in [4.69, 9.17) is 0 Å². The number of carbonyl (C=O) groups excluding carboxylic acids is 3. The molecule has 8 nitrogen and oxygen atoms in total. The second kappa shape index (κ2) is 8.28. The number of aliphatic hydroxyl groups excluding tert-OH is 1. The molecule has 0 radical (unpaired) electrons. The molecule has 0 saturated carbocycles. The maximum atomic E-state index is 12.4. The van der Waals surface area contributed by atoms with Crippen LogP contribution in [0.1, 0.15) is 26.7 Å². The molecule has 0 aromatic heterocycles. The Labute approximate surface area is 190 Å². The Hall–Kier alpha value is -0.580. The van der Waals surface area contributed by atoms with Gasteiger partial charge in [-0.3, -0.25) is 9.59 Å². The van der Waals surface area contributed by atoms with E-state index >= 15 is 0 Å². The number of rotatable bonds is 5. The van der Waals surface area contributed by atoms with Crippen molar-refractivity contribution >= 4 is 29.5 Å². The summed E-state index contributed by atoms with van der Waals surface area (Å²) in [6.45, 7) is 4.89. The Morgan fingerprint density at radius 3 is 2.64 bits per heavy atom. The number of β-lactam (4-membered cyclic amide) rings is 1. The van der Waals surface area contributed by atoms with Gasteiger partial charge < -0.3 is 30.5 Å². The van der Waals surface area contributed by atoms with Crippen molar-refractivity contribution in [1.82, 2.24) is 15.5 Å². The van der Waals surface area contributed by atoms with Crippen molar-refractivity contribution in [3.8, 4) is 0 Å². The largest absolute Gasteiger partial charge is 1.00 e. The molecule has 4 aliphatic heterocycles. The minimum Gasteiger partial charge on any atom is -0.543 e. The van der Waals surface area contributed by atoms with E-state index in [0.717, 1.165) is 13.0 Å². The number of carboxylic acid groups (broad SMARTS) is 1. The van der Waals surface area contributed by atoms with E-state index in [0.29, 0.717) is 17.9 Å². The first-order chi connectivity index (χ1) is 12.8. The van der Waals surface area contributed by atoms with Crippen molar-refractivity contribution in [3.05, 3.63) is 10.6 Å². The molecule has 3 saturated heterocycles. The Kier molecular flexibility index (Phi) is 6.54. The topological polar surface area (TPSA) is 122 Å². The van der Waals surface area contributed by atoms with Crippen molar-refractivity contribution in [2.24, 2.45) is 17.8 Å². The zero-order valence-corrected chi connectivity index (χ0v) is 19.1. The Bertz CT molecular complexity index is 730. The first-order valence-electron chi connectivity index (χ1n) is 9.43. The van der Waals surface area contributed by atoms with Crippen LogP contribution in [0.15, 0.2) is 10.6 Å². The smallest absolute Gasteiger partial charge is 0.543 e. The minimum absolute atomic E-state index is 0. The molecule has 0 aromatic rings. The third-order valence-corrected chi connectivity index (χ3v) is 7.81. The zero-order valence-electron chi connectivity index (χ0n) is 16.3. The standard InChI is InChI=1S/C18H25N3O5S.Na/c1-7-14-13(8(2)22)17(24)21(14)15(18(25)26)16(7)27-10-4-11(19-6-10)9-3-12(23)20-5-9;/h7-11,13-14,19,22H,3-6H2,1-2H3,(H,20,23)(H,25,26);/q;+1/p-1/t7-,8-,9?,10+,11+,13-,14-;/m1./s1. The summed E-state index contributed by atoms with van der Waals surface area (Å²) in [5, 5.41) is 28.1. The normalized spacial score (nSPS) is 38.0. The van der Waals surface area contributed by atoms with Crippen LogP contribution in [0.3, 0.4) is 0 Å². The predicted molar refractivity (Wildman–Crippen MR) is 95.9 cm³/mol. The molecular weight excluding hydrogens is 393 g/mol. The number of amides is 2. The van der Waals surface area contributed by atoms with Gasteiger partial charge in [0.1, 0.15) is 0 Å². The Morgan fingerprint density at radius 2 is 2.07 bits per heavy atom. The molecule has 4 aliphatic rings. The number of carboxylic acids is 1. The van der Waals surface area contributed by atoms with Gasteiger partial charge in [-0.2, -0.15) is 0 Å². The quantitative estimate of drug-likeness (QED) is 0.304. The molecule has 7 atom stereocenters. The maximum absolute atomic E-state index is 12.4. The fourth-order valence-electron chi connectivity index (χ4n) is 4.94. The van der Waals surface area contributed by atoms with Crippen LogP contribution in [-0.4, -0.2) is 64.3 Å². The van der Waals surface area contributed by atoms with Crippen LogP contribution in [0.2, 0.25) is 0 Å². The Morgan fingerprint density at radius 1 is 1.36 bits per heavy atom. The van der Waals surface area contributed by atoms with Gasteiger partial charge in [0.2, 0.25) is 11.8 Å². The van der Waals surface area contributed by atoms with E-state index in [9.17, 15) is 24.6 Å². The summed E-state index contributed by atoms with van der Waals surface area (Å²) >= 11 is 1.50. The fraction of sp³-hybridized carbons (Fsp3) is 0.722. The Balaban J connectivity index is 0.00000225. The van der Waals surface area contributed by atoms with Crippen molar-refractivity contribution in [1.29, 1.82) is 0 Å². The number of hydrogen-bond acceptors (Lipinski definition) is 7. The third-order valence-electron chi connectivity index (χ3n) is 6.30. The summed E-state index contributed by atoms with van der Waals surface area (Å²) in [6, 6.07) is -0.0799. The monoisotopic (exact) mass is 417 g/mol. The number of fused-ring (bicyclic) bond motifs is 1. The molecule has 0 aliphatic carbocycles. The number of aliphatic carboxylic acids is 1. The SMILES string of the molecule is C[C@@H](O)[C@H]1C(=O)N2C(C(=O)[O-])=C(S[C@@H]3CN[C@H](C4CNC(=O)C4)C3)[C@H](C)[C@H]12.[Na+]. The second-order valence-electron chi connectivity index (χ2n) is 8.01. The van der Waals surface area contributed by atoms with Gasteiger partial charge in [-0.05, 0) is 13.3 Å². The number of carbonyl (C=O) groups is 3. The summed E-state index contributed by atoms with van der Waals surface area (Å²) in [4.78, 5) is 37.5. The van der Waals surface area contributed by atoms with Crippen LogP contribution in [-0.2, 0) is 14.4 Å². The van der Waals surface area contributed by atoms with E-state index in [1.807, 2.05) is 6.92 Å². The van der Waals surface area contributed by atoms with Crippen LogP contribution in [0, 0.1) is 17.8 Å².